The first-order chi connectivity index (χ1) is 18.0. The predicted octanol–water partition coefficient (Wildman–Crippen LogP) is 0.382. The summed E-state index contributed by atoms with van der Waals surface area (Å²) in [6.07, 6.45) is 26.6. The Bertz CT molecular complexity index is 480. The molecule has 0 rings (SSSR count). The van der Waals surface area contributed by atoms with Gasteiger partial charge in [0.2, 0.25) is 0 Å². The number of unbranched alkanes of at least 4 members (excludes halogenated alkanes) is 16. The number of aliphatic carboxylic acids is 2. The van der Waals surface area contributed by atoms with Crippen molar-refractivity contribution in [2.24, 2.45) is 5.92 Å². The Kier molecular flexibility index (Phi) is 49.2. The molecule has 0 aliphatic heterocycles. The van der Waals surface area contributed by atoms with Gasteiger partial charge >= 0.3 is 59.1 Å². The van der Waals surface area contributed by atoms with Gasteiger partial charge < -0.3 is 29.3 Å². The number of ether oxygens (including phenoxy) is 2. The van der Waals surface area contributed by atoms with Gasteiger partial charge in [0.25, 0.3) is 0 Å². The molecule has 0 amide bonds. The zero-order valence-electron chi connectivity index (χ0n) is 26.7. The SMILES string of the molecule is CCCCCCCC(CCCCCC)COCC(=O)[O-].CCCCCCCCCCCCOCC(=O)[O-].[Na+].[Na+]. The quantitative estimate of drug-likeness (QED) is 0.0990. The first-order valence-corrected chi connectivity index (χ1v) is 15.5. The Morgan fingerprint density at radius 1 is 0.513 bits per heavy atom. The third kappa shape index (κ3) is 46.1. The molecular formula is C31H60Na2O6. The minimum atomic E-state index is -1.13. The van der Waals surface area contributed by atoms with Crippen LogP contribution in [0.4, 0.5) is 0 Å². The largest absolute Gasteiger partial charge is 1.00 e. The van der Waals surface area contributed by atoms with E-state index in [1.165, 1.54) is 122 Å². The molecule has 0 aromatic carbocycles. The third-order valence-electron chi connectivity index (χ3n) is 6.62. The maximum absolute atomic E-state index is 10.4. The van der Waals surface area contributed by atoms with Crippen LogP contribution in [0.3, 0.4) is 0 Å². The molecule has 0 fully saturated rings. The first-order valence-electron chi connectivity index (χ1n) is 15.5. The molecule has 39 heavy (non-hydrogen) atoms. The Morgan fingerprint density at radius 3 is 1.26 bits per heavy atom. The molecule has 0 bridgehead atoms. The van der Waals surface area contributed by atoms with E-state index in [2.05, 4.69) is 20.8 Å². The van der Waals surface area contributed by atoms with Gasteiger partial charge in [0.05, 0.1) is 25.2 Å². The molecule has 1 atom stereocenters. The molecule has 0 aromatic heterocycles. The minimum absolute atomic E-state index is 0. The Balaban J connectivity index is -0.000000302. The van der Waals surface area contributed by atoms with Crippen LogP contribution in [0.1, 0.15) is 156 Å². The van der Waals surface area contributed by atoms with E-state index in [0.29, 0.717) is 19.1 Å². The molecule has 0 aliphatic rings. The van der Waals surface area contributed by atoms with Crippen molar-refractivity contribution in [3.63, 3.8) is 0 Å². The molecule has 8 heteroatoms. The number of rotatable bonds is 28. The van der Waals surface area contributed by atoms with Gasteiger partial charge in [-0.25, -0.2) is 0 Å². The zero-order valence-corrected chi connectivity index (χ0v) is 30.7. The van der Waals surface area contributed by atoms with Gasteiger partial charge in [0, 0.05) is 13.2 Å². The number of carbonyl (C=O) groups is 2. The molecule has 0 saturated carbocycles. The second-order valence-corrected chi connectivity index (χ2v) is 10.4. The maximum atomic E-state index is 10.4. The molecule has 0 aromatic rings. The van der Waals surface area contributed by atoms with Crippen LogP contribution in [0.15, 0.2) is 0 Å². The molecule has 0 N–H and O–H groups in total. The van der Waals surface area contributed by atoms with Crippen LogP contribution in [-0.2, 0) is 19.1 Å². The number of hydrogen-bond donors (Lipinski definition) is 0. The van der Waals surface area contributed by atoms with E-state index in [1.807, 2.05) is 0 Å². The Hall–Kier alpha value is 0.860. The van der Waals surface area contributed by atoms with Gasteiger partial charge in [-0.2, -0.15) is 0 Å². The van der Waals surface area contributed by atoms with Crippen LogP contribution < -0.4 is 69.3 Å². The second kappa shape index (κ2) is 41.0. The van der Waals surface area contributed by atoms with Crippen LogP contribution >= 0.6 is 0 Å². The van der Waals surface area contributed by atoms with Gasteiger partial charge in [0.1, 0.15) is 0 Å². The summed E-state index contributed by atoms with van der Waals surface area (Å²) in [4.78, 5) is 20.4. The Morgan fingerprint density at radius 2 is 0.846 bits per heavy atom. The van der Waals surface area contributed by atoms with Gasteiger partial charge in [0.15, 0.2) is 0 Å². The maximum Gasteiger partial charge on any atom is 1.00 e. The van der Waals surface area contributed by atoms with E-state index in [0.717, 1.165) is 12.8 Å². The summed E-state index contributed by atoms with van der Waals surface area (Å²) in [6, 6.07) is 0. The summed E-state index contributed by atoms with van der Waals surface area (Å²) in [7, 11) is 0. The van der Waals surface area contributed by atoms with Crippen molar-refractivity contribution >= 4 is 11.9 Å². The summed E-state index contributed by atoms with van der Waals surface area (Å²) in [5.74, 6) is -1.72. The minimum Gasteiger partial charge on any atom is -0.548 e. The molecule has 1 unspecified atom stereocenters. The zero-order chi connectivity index (χ0) is 27.8. The number of carbonyl (C=O) groups excluding carboxylic acids is 2. The smallest absolute Gasteiger partial charge is 0.548 e. The van der Waals surface area contributed by atoms with Crippen molar-refractivity contribution < 1.29 is 88.4 Å². The summed E-state index contributed by atoms with van der Waals surface area (Å²) >= 11 is 0. The van der Waals surface area contributed by atoms with E-state index < -0.39 is 11.9 Å². The first kappa shape index (κ1) is 46.8. The standard InChI is InChI=1S/C17H34O3.C14H28O3.2Na/c1-3-5-7-9-11-13-16(12-10-8-6-4-2)14-20-15-17(18)19;1-2-3-4-5-6-7-8-9-10-11-12-17-13-14(15)16;;/h16H,3-15H2,1-2H3,(H,18,19);2-13H2,1H3,(H,15,16);;/q;;2*+1/p-2. The summed E-state index contributed by atoms with van der Waals surface area (Å²) in [5, 5.41) is 20.4. The normalized spacial score (nSPS) is 11.1. The van der Waals surface area contributed by atoms with Crippen molar-refractivity contribution in [3.05, 3.63) is 0 Å². The predicted molar refractivity (Wildman–Crippen MR) is 149 cm³/mol. The Labute approximate surface area is 286 Å². The van der Waals surface area contributed by atoms with Gasteiger partial charge in [-0.3, -0.25) is 0 Å². The van der Waals surface area contributed by atoms with E-state index in [1.54, 1.807) is 0 Å². The topological polar surface area (TPSA) is 98.7 Å². The van der Waals surface area contributed by atoms with Crippen LogP contribution in [0, 0.1) is 5.92 Å². The molecule has 0 radical (unpaired) electrons. The number of carboxylic acid groups (broad SMARTS) is 2. The van der Waals surface area contributed by atoms with Crippen molar-refractivity contribution in [1.29, 1.82) is 0 Å². The molecular weight excluding hydrogens is 514 g/mol. The number of carboxylic acids is 2. The monoisotopic (exact) mass is 574 g/mol. The van der Waals surface area contributed by atoms with Crippen LogP contribution in [0.2, 0.25) is 0 Å². The molecule has 222 valence electrons. The van der Waals surface area contributed by atoms with E-state index in [9.17, 15) is 19.8 Å². The van der Waals surface area contributed by atoms with Gasteiger partial charge in [-0.1, -0.05) is 136 Å². The van der Waals surface area contributed by atoms with E-state index >= 15 is 0 Å². The fourth-order valence-electron chi connectivity index (χ4n) is 4.36. The third-order valence-corrected chi connectivity index (χ3v) is 6.62. The molecule has 0 saturated heterocycles. The molecule has 0 aliphatic carbocycles. The number of hydrogen-bond acceptors (Lipinski definition) is 6. The molecule has 0 heterocycles. The van der Waals surface area contributed by atoms with Crippen molar-refractivity contribution in [2.75, 3.05) is 26.4 Å². The van der Waals surface area contributed by atoms with Crippen LogP contribution in [0.5, 0.6) is 0 Å². The van der Waals surface area contributed by atoms with Crippen LogP contribution in [-0.4, -0.2) is 38.4 Å². The average molecular weight is 575 g/mol. The fraction of sp³-hybridized carbons (Fsp3) is 0.935. The second-order valence-electron chi connectivity index (χ2n) is 10.4. The van der Waals surface area contributed by atoms with Crippen molar-refractivity contribution in [1.82, 2.24) is 0 Å². The van der Waals surface area contributed by atoms with Crippen molar-refractivity contribution in [2.45, 2.75) is 156 Å². The molecule has 0 spiro atoms. The fourth-order valence-corrected chi connectivity index (χ4v) is 4.36. The van der Waals surface area contributed by atoms with Crippen molar-refractivity contribution in [3.8, 4) is 0 Å². The summed E-state index contributed by atoms with van der Waals surface area (Å²) in [6.45, 7) is 7.28. The van der Waals surface area contributed by atoms with E-state index in [-0.39, 0.29) is 72.3 Å². The van der Waals surface area contributed by atoms with Crippen LogP contribution in [0.25, 0.3) is 0 Å². The average Bonchev–Trinajstić information content (AvgIpc) is 2.86. The van der Waals surface area contributed by atoms with E-state index in [4.69, 9.17) is 9.47 Å². The van der Waals surface area contributed by atoms with Gasteiger partial charge in [-0.05, 0) is 25.2 Å². The molecule has 6 nitrogen and oxygen atoms in total. The summed E-state index contributed by atoms with van der Waals surface area (Å²) < 4.78 is 10.1. The summed E-state index contributed by atoms with van der Waals surface area (Å²) in [5.41, 5.74) is 0. The van der Waals surface area contributed by atoms with Gasteiger partial charge in [-0.15, -0.1) is 0 Å².